The van der Waals surface area contributed by atoms with Crippen LogP contribution in [0.3, 0.4) is 0 Å². The highest BCUT2D eigenvalue weighted by molar-refractivity contribution is 5.83. The van der Waals surface area contributed by atoms with Gasteiger partial charge in [-0.1, -0.05) is 42.5 Å². The Morgan fingerprint density at radius 2 is 1.71 bits per heavy atom. The van der Waals surface area contributed by atoms with Gasteiger partial charge < -0.3 is 4.74 Å². The van der Waals surface area contributed by atoms with Gasteiger partial charge in [0.15, 0.2) is 0 Å². The molecule has 0 saturated heterocycles. The first-order valence-electron chi connectivity index (χ1n) is 11.0. The number of hydrogen-bond donors (Lipinski definition) is 0. The van der Waals surface area contributed by atoms with E-state index in [9.17, 15) is 13.6 Å². The Bertz CT molecular complexity index is 1570. The highest BCUT2D eigenvalue weighted by Gasteiger charge is 2.15. The molecule has 176 valence electrons. The number of aromatic nitrogens is 4. The number of para-hydroxylation sites is 1. The van der Waals surface area contributed by atoms with E-state index < -0.39 is 12.1 Å². The second kappa shape index (κ2) is 9.13. The first-order chi connectivity index (χ1) is 16.9. The van der Waals surface area contributed by atoms with Crippen LogP contribution in [0.5, 0.6) is 5.88 Å². The van der Waals surface area contributed by atoms with Gasteiger partial charge in [-0.3, -0.25) is 14.0 Å². The van der Waals surface area contributed by atoms with Crippen LogP contribution in [-0.2, 0) is 13.7 Å². The molecule has 8 heteroatoms. The number of benzene rings is 2. The van der Waals surface area contributed by atoms with Crippen LogP contribution in [0, 0.1) is 6.92 Å². The van der Waals surface area contributed by atoms with E-state index in [4.69, 9.17) is 9.72 Å². The largest absolute Gasteiger partial charge is 0.471 e. The summed E-state index contributed by atoms with van der Waals surface area (Å²) in [6.07, 6.45) is 2.78. The molecule has 2 aromatic carbocycles. The van der Waals surface area contributed by atoms with Crippen LogP contribution in [0.4, 0.5) is 8.78 Å². The highest BCUT2D eigenvalue weighted by Crippen LogP contribution is 2.30. The van der Waals surface area contributed by atoms with Gasteiger partial charge in [-0.25, -0.2) is 4.98 Å². The summed E-state index contributed by atoms with van der Waals surface area (Å²) in [4.78, 5) is 16.5. The Labute approximate surface area is 200 Å². The molecule has 0 aliphatic carbocycles. The van der Waals surface area contributed by atoms with Gasteiger partial charge in [0.05, 0.1) is 16.8 Å². The third-order valence-electron chi connectivity index (χ3n) is 5.77. The van der Waals surface area contributed by atoms with Crippen molar-refractivity contribution in [1.82, 2.24) is 19.3 Å². The van der Waals surface area contributed by atoms with Crippen molar-refractivity contribution in [2.75, 3.05) is 0 Å². The molecule has 6 nitrogen and oxygen atoms in total. The second-order valence-electron chi connectivity index (χ2n) is 8.29. The van der Waals surface area contributed by atoms with Crippen LogP contribution in [0.25, 0.3) is 33.3 Å². The maximum Gasteiger partial charge on any atom is 0.321 e. The SMILES string of the molecule is Cc1cc2ccccc2nc1-c1ccc(COc2nn(C)cc2-c2ccc(=O)n(C(F)F)c2)cc1. The van der Waals surface area contributed by atoms with Gasteiger partial charge in [-0.05, 0) is 36.2 Å². The summed E-state index contributed by atoms with van der Waals surface area (Å²) in [7, 11) is 1.72. The molecule has 0 radical (unpaired) electrons. The number of aryl methyl sites for hydroxylation is 2. The lowest BCUT2D eigenvalue weighted by molar-refractivity contribution is 0.0665. The highest BCUT2D eigenvalue weighted by atomic mass is 19.3. The molecule has 0 aliphatic heterocycles. The molecule has 0 N–H and O–H groups in total. The van der Waals surface area contributed by atoms with Crippen molar-refractivity contribution in [1.29, 1.82) is 0 Å². The number of pyridine rings is 2. The zero-order valence-corrected chi connectivity index (χ0v) is 19.2. The molecule has 0 saturated carbocycles. The van der Waals surface area contributed by atoms with Crippen LogP contribution in [0.15, 0.2) is 83.9 Å². The summed E-state index contributed by atoms with van der Waals surface area (Å²) in [6, 6.07) is 20.7. The normalized spacial score (nSPS) is 11.3. The number of hydrogen-bond acceptors (Lipinski definition) is 4. The Balaban J connectivity index is 1.37. The summed E-state index contributed by atoms with van der Waals surface area (Å²) in [5, 5.41) is 5.42. The Kier molecular flexibility index (Phi) is 5.86. The van der Waals surface area contributed by atoms with Crippen molar-refractivity contribution in [3.05, 3.63) is 101 Å². The first kappa shape index (κ1) is 22.5. The molecule has 0 spiro atoms. The molecular weight excluding hydrogens is 450 g/mol. The summed E-state index contributed by atoms with van der Waals surface area (Å²) in [5.74, 6) is 0.295. The van der Waals surface area contributed by atoms with Gasteiger partial charge in [0.2, 0.25) is 5.88 Å². The van der Waals surface area contributed by atoms with Crippen molar-refractivity contribution in [3.8, 4) is 28.3 Å². The van der Waals surface area contributed by atoms with Crippen molar-refractivity contribution < 1.29 is 13.5 Å². The van der Waals surface area contributed by atoms with E-state index >= 15 is 0 Å². The summed E-state index contributed by atoms with van der Waals surface area (Å²) in [6.45, 7) is -0.642. The third-order valence-corrected chi connectivity index (χ3v) is 5.77. The maximum atomic E-state index is 13.2. The predicted molar refractivity (Wildman–Crippen MR) is 130 cm³/mol. The Morgan fingerprint density at radius 3 is 2.49 bits per heavy atom. The smallest absolute Gasteiger partial charge is 0.321 e. The van der Waals surface area contributed by atoms with Crippen LogP contribution in [0.1, 0.15) is 17.7 Å². The van der Waals surface area contributed by atoms with E-state index in [0.717, 1.165) is 45.6 Å². The van der Waals surface area contributed by atoms with Gasteiger partial charge in [0, 0.05) is 42.0 Å². The summed E-state index contributed by atoms with van der Waals surface area (Å²) >= 11 is 0. The maximum absolute atomic E-state index is 13.2. The number of rotatable bonds is 6. The summed E-state index contributed by atoms with van der Waals surface area (Å²) in [5.41, 5.74) is 5.06. The minimum Gasteiger partial charge on any atom is -0.471 e. The number of fused-ring (bicyclic) bond motifs is 1. The lowest BCUT2D eigenvalue weighted by Gasteiger charge is -2.10. The van der Waals surface area contributed by atoms with Crippen molar-refractivity contribution in [2.45, 2.75) is 20.1 Å². The zero-order valence-electron chi connectivity index (χ0n) is 19.2. The quantitative estimate of drug-likeness (QED) is 0.316. The second-order valence-corrected chi connectivity index (χ2v) is 8.29. The van der Waals surface area contributed by atoms with Gasteiger partial charge in [-0.15, -0.1) is 5.10 Å². The molecule has 3 aromatic heterocycles. The molecule has 0 fully saturated rings. The van der Waals surface area contributed by atoms with Crippen molar-refractivity contribution in [3.63, 3.8) is 0 Å². The van der Waals surface area contributed by atoms with Gasteiger partial charge in [-0.2, -0.15) is 8.78 Å². The Morgan fingerprint density at radius 1 is 0.971 bits per heavy atom. The van der Waals surface area contributed by atoms with Gasteiger partial charge >= 0.3 is 6.55 Å². The van der Waals surface area contributed by atoms with E-state index in [2.05, 4.69) is 11.2 Å². The fourth-order valence-electron chi connectivity index (χ4n) is 4.01. The lowest BCUT2D eigenvalue weighted by atomic mass is 10.0. The minimum atomic E-state index is -2.93. The Hall–Kier alpha value is -4.33. The topological polar surface area (TPSA) is 61.9 Å². The standard InChI is InChI=1S/C27H22F2N4O2/c1-17-13-20-5-3-4-6-23(20)30-25(17)19-9-7-18(8-10-19)16-35-26-22(15-32(2)31-26)21-11-12-24(34)33(14-21)27(28)29/h3-15,27H,16H2,1-2H3. The zero-order chi connectivity index (χ0) is 24.5. The number of halogens is 2. The fraction of sp³-hybridized carbons (Fsp3) is 0.148. The number of alkyl halides is 2. The van der Waals surface area contributed by atoms with Crippen molar-refractivity contribution in [2.24, 2.45) is 7.05 Å². The van der Waals surface area contributed by atoms with Gasteiger partial charge in [0.1, 0.15) is 6.61 Å². The molecule has 5 rings (SSSR count). The molecular formula is C27H22F2N4O2. The molecule has 0 aliphatic rings. The monoisotopic (exact) mass is 472 g/mol. The van der Waals surface area contributed by atoms with E-state index in [0.29, 0.717) is 21.6 Å². The van der Waals surface area contributed by atoms with Gasteiger partial charge in [0.25, 0.3) is 5.56 Å². The predicted octanol–water partition coefficient (Wildman–Crippen LogP) is 5.75. The number of nitrogens with zero attached hydrogens (tertiary/aromatic N) is 4. The fourth-order valence-corrected chi connectivity index (χ4v) is 4.01. The van der Waals surface area contributed by atoms with Crippen LogP contribution >= 0.6 is 0 Å². The van der Waals surface area contributed by atoms with E-state index in [-0.39, 0.29) is 6.61 Å². The average Bonchev–Trinajstić information content (AvgIpc) is 3.23. The summed E-state index contributed by atoms with van der Waals surface area (Å²) < 4.78 is 34.2. The lowest BCUT2D eigenvalue weighted by Crippen LogP contribution is -2.18. The average molecular weight is 472 g/mol. The van der Waals surface area contributed by atoms with Crippen LogP contribution < -0.4 is 10.3 Å². The van der Waals surface area contributed by atoms with E-state index in [1.165, 1.54) is 6.07 Å². The first-order valence-corrected chi connectivity index (χ1v) is 11.0. The molecule has 0 unspecified atom stereocenters. The molecule has 3 heterocycles. The minimum absolute atomic E-state index is 0.239. The van der Waals surface area contributed by atoms with E-state index in [1.807, 2.05) is 55.5 Å². The van der Waals surface area contributed by atoms with Crippen molar-refractivity contribution >= 4 is 10.9 Å². The number of ether oxygens (including phenoxy) is 1. The van der Waals surface area contributed by atoms with Crippen LogP contribution in [0.2, 0.25) is 0 Å². The molecule has 0 bridgehead atoms. The molecule has 0 amide bonds. The van der Waals surface area contributed by atoms with Crippen LogP contribution in [-0.4, -0.2) is 19.3 Å². The molecule has 5 aromatic rings. The third kappa shape index (κ3) is 4.55. The molecule has 0 atom stereocenters. The van der Waals surface area contributed by atoms with E-state index in [1.54, 1.807) is 17.9 Å². The molecule has 35 heavy (non-hydrogen) atoms.